The summed E-state index contributed by atoms with van der Waals surface area (Å²) in [6, 6.07) is 2.97. The number of nitrogens with one attached hydrogen (secondary N) is 2. The van der Waals surface area contributed by atoms with Gasteiger partial charge in [-0.1, -0.05) is 13.8 Å². The number of ether oxygens (including phenoxy) is 1. The molecule has 5 nitrogen and oxygen atoms in total. The van der Waals surface area contributed by atoms with Gasteiger partial charge in [0, 0.05) is 33.0 Å². The van der Waals surface area contributed by atoms with Crippen LogP contribution in [0.4, 0.5) is 4.39 Å². The number of halogens is 1. The van der Waals surface area contributed by atoms with E-state index in [2.05, 4.69) is 34.5 Å². The average molecular weight is 296 g/mol. The van der Waals surface area contributed by atoms with Gasteiger partial charge in [-0.2, -0.15) is 0 Å². The van der Waals surface area contributed by atoms with Gasteiger partial charge in [-0.3, -0.25) is 9.98 Å². The Balaban J connectivity index is 2.19. The summed E-state index contributed by atoms with van der Waals surface area (Å²) < 4.78 is 18.9. The first-order valence-corrected chi connectivity index (χ1v) is 7.25. The van der Waals surface area contributed by atoms with Crippen LogP contribution in [0.2, 0.25) is 0 Å². The SMILES string of the molecule is CN=C(NCCCOCC(C)C)NCc1ncccc1F. The Morgan fingerprint density at radius 2 is 2.24 bits per heavy atom. The second-order valence-corrected chi connectivity index (χ2v) is 5.11. The standard InChI is InChI=1S/C15H25FN4O/c1-12(2)11-21-9-5-8-19-15(17-3)20-10-14-13(16)6-4-7-18-14/h4,6-7,12H,5,8-11H2,1-3H3,(H2,17,19,20). The smallest absolute Gasteiger partial charge is 0.191 e. The van der Waals surface area contributed by atoms with Crippen molar-refractivity contribution in [1.29, 1.82) is 0 Å². The van der Waals surface area contributed by atoms with Crippen LogP contribution < -0.4 is 10.6 Å². The first-order valence-electron chi connectivity index (χ1n) is 7.25. The Kier molecular flexibility index (Phi) is 8.35. The van der Waals surface area contributed by atoms with Gasteiger partial charge < -0.3 is 15.4 Å². The zero-order valence-electron chi connectivity index (χ0n) is 13.0. The highest BCUT2D eigenvalue weighted by molar-refractivity contribution is 5.79. The summed E-state index contributed by atoms with van der Waals surface area (Å²) in [6.07, 6.45) is 2.47. The van der Waals surface area contributed by atoms with E-state index in [1.807, 2.05) is 0 Å². The normalized spacial score (nSPS) is 11.8. The molecule has 0 aliphatic heterocycles. The largest absolute Gasteiger partial charge is 0.381 e. The number of hydrogen-bond acceptors (Lipinski definition) is 3. The molecule has 0 bridgehead atoms. The molecular weight excluding hydrogens is 271 g/mol. The molecule has 1 aromatic heterocycles. The molecule has 0 fully saturated rings. The van der Waals surface area contributed by atoms with Gasteiger partial charge in [0.2, 0.25) is 0 Å². The maximum atomic E-state index is 13.4. The molecule has 118 valence electrons. The lowest BCUT2D eigenvalue weighted by molar-refractivity contribution is 0.108. The van der Waals surface area contributed by atoms with E-state index >= 15 is 0 Å². The lowest BCUT2D eigenvalue weighted by Crippen LogP contribution is -2.38. The Hall–Kier alpha value is -1.69. The van der Waals surface area contributed by atoms with Crippen molar-refractivity contribution in [2.75, 3.05) is 26.8 Å². The van der Waals surface area contributed by atoms with Gasteiger partial charge in [0.15, 0.2) is 5.96 Å². The van der Waals surface area contributed by atoms with E-state index in [9.17, 15) is 4.39 Å². The van der Waals surface area contributed by atoms with E-state index in [0.29, 0.717) is 24.1 Å². The number of nitrogens with zero attached hydrogens (tertiary/aromatic N) is 2. The van der Waals surface area contributed by atoms with Gasteiger partial charge in [0.05, 0.1) is 12.2 Å². The number of guanidine groups is 1. The van der Waals surface area contributed by atoms with Crippen molar-refractivity contribution in [3.63, 3.8) is 0 Å². The molecule has 0 amide bonds. The van der Waals surface area contributed by atoms with E-state index in [4.69, 9.17) is 4.74 Å². The molecule has 0 saturated heterocycles. The van der Waals surface area contributed by atoms with Gasteiger partial charge in [0.1, 0.15) is 5.82 Å². The topological polar surface area (TPSA) is 58.5 Å². The minimum Gasteiger partial charge on any atom is -0.381 e. The molecule has 2 N–H and O–H groups in total. The Labute approximate surface area is 126 Å². The van der Waals surface area contributed by atoms with Gasteiger partial charge in [-0.05, 0) is 24.5 Å². The van der Waals surface area contributed by atoms with Crippen LogP contribution in [0.25, 0.3) is 0 Å². The lowest BCUT2D eigenvalue weighted by atomic mass is 10.2. The van der Waals surface area contributed by atoms with Crippen molar-refractivity contribution in [1.82, 2.24) is 15.6 Å². The maximum Gasteiger partial charge on any atom is 0.191 e. The van der Waals surface area contributed by atoms with E-state index in [1.54, 1.807) is 19.3 Å². The fourth-order valence-corrected chi connectivity index (χ4v) is 1.64. The van der Waals surface area contributed by atoms with Gasteiger partial charge in [-0.15, -0.1) is 0 Å². The highest BCUT2D eigenvalue weighted by Crippen LogP contribution is 2.01. The first-order chi connectivity index (χ1) is 10.1. The van der Waals surface area contributed by atoms with Crippen molar-refractivity contribution < 1.29 is 9.13 Å². The third-order valence-corrected chi connectivity index (χ3v) is 2.69. The van der Waals surface area contributed by atoms with Crippen LogP contribution in [0.15, 0.2) is 23.3 Å². The molecule has 6 heteroatoms. The molecule has 0 spiro atoms. The van der Waals surface area contributed by atoms with Gasteiger partial charge >= 0.3 is 0 Å². The molecule has 0 unspecified atom stereocenters. The molecule has 0 aliphatic carbocycles. The first kappa shape index (κ1) is 17.4. The van der Waals surface area contributed by atoms with Crippen LogP contribution in [-0.4, -0.2) is 37.7 Å². The number of rotatable bonds is 8. The molecule has 0 aromatic carbocycles. The molecule has 0 radical (unpaired) electrons. The van der Waals surface area contributed by atoms with Crippen LogP contribution in [0.5, 0.6) is 0 Å². The van der Waals surface area contributed by atoms with E-state index in [-0.39, 0.29) is 5.82 Å². The molecule has 1 rings (SSSR count). The van der Waals surface area contributed by atoms with Crippen LogP contribution in [0, 0.1) is 11.7 Å². The summed E-state index contributed by atoms with van der Waals surface area (Å²) in [5, 5.41) is 6.19. The number of hydrogen-bond donors (Lipinski definition) is 2. The van der Waals surface area contributed by atoms with Crippen LogP contribution >= 0.6 is 0 Å². The van der Waals surface area contributed by atoms with Gasteiger partial charge in [-0.25, -0.2) is 4.39 Å². The Bertz CT molecular complexity index is 437. The Morgan fingerprint density at radius 1 is 1.43 bits per heavy atom. The fraction of sp³-hybridized carbons (Fsp3) is 0.600. The number of pyridine rings is 1. The van der Waals surface area contributed by atoms with E-state index < -0.39 is 0 Å². The highest BCUT2D eigenvalue weighted by atomic mass is 19.1. The second kappa shape index (κ2) is 10.1. The minimum atomic E-state index is -0.317. The molecule has 21 heavy (non-hydrogen) atoms. The molecule has 1 heterocycles. The maximum absolute atomic E-state index is 13.4. The lowest BCUT2D eigenvalue weighted by Gasteiger charge is -2.12. The molecule has 0 aliphatic rings. The monoisotopic (exact) mass is 296 g/mol. The van der Waals surface area contributed by atoms with Crippen molar-refractivity contribution in [2.24, 2.45) is 10.9 Å². The zero-order valence-corrected chi connectivity index (χ0v) is 13.0. The molecule has 0 atom stereocenters. The van der Waals surface area contributed by atoms with Crippen LogP contribution in [0.1, 0.15) is 26.0 Å². The third kappa shape index (κ3) is 7.60. The van der Waals surface area contributed by atoms with Crippen molar-refractivity contribution >= 4 is 5.96 Å². The highest BCUT2D eigenvalue weighted by Gasteiger charge is 2.03. The summed E-state index contributed by atoms with van der Waals surface area (Å²) in [4.78, 5) is 8.06. The second-order valence-electron chi connectivity index (χ2n) is 5.11. The molecule has 0 saturated carbocycles. The molecular formula is C15H25FN4O. The van der Waals surface area contributed by atoms with Crippen LogP contribution in [-0.2, 0) is 11.3 Å². The number of aliphatic imine (C=N–C) groups is 1. The summed E-state index contributed by atoms with van der Waals surface area (Å²) in [5.41, 5.74) is 0.376. The average Bonchev–Trinajstić information content (AvgIpc) is 2.47. The van der Waals surface area contributed by atoms with Crippen molar-refractivity contribution in [3.05, 3.63) is 29.8 Å². The fourth-order valence-electron chi connectivity index (χ4n) is 1.64. The van der Waals surface area contributed by atoms with Crippen molar-refractivity contribution in [3.8, 4) is 0 Å². The third-order valence-electron chi connectivity index (χ3n) is 2.69. The predicted molar refractivity (Wildman–Crippen MR) is 82.7 cm³/mol. The summed E-state index contributed by atoms with van der Waals surface area (Å²) in [5.74, 6) is 0.868. The molecule has 1 aromatic rings. The van der Waals surface area contributed by atoms with Crippen LogP contribution in [0.3, 0.4) is 0 Å². The quantitative estimate of drug-likeness (QED) is 0.437. The van der Waals surface area contributed by atoms with Crippen molar-refractivity contribution in [2.45, 2.75) is 26.8 Å². The number of aromatic nitrogens is 1. The van der Waals surface area contributed by atoms with E-state index in [0.717, 1.165) is 26.2 Å². The minimum absolute atomic E-state index is 0.302. The summed E-state index contributed by atoms with van der Waals surface area (Å²) in [7, 11) is 1.68. The Morgan fingerprint density at radius 3 is 2.90 bits per heavy atom. The predicted octanol–water partition coefficient (Wildman–Crippen LogP) is 1.95. The van der Waals surface area contributed by atoms with E-state index in [1.165, 1.54) is 6.07 Å². The zero-order chi connectivity index (χ0) is 15.5. The summed E-state index contributed by atoms with van der Waals surface area (Å²) >= 11 is 0. The van der Waals surface area contributed by atoms with Gasteiger partial charge in [0.25, 0.3) is 0 Å². The summed E-state index contributed by atoms with van der Waals surface area (Å²) in [6.45, 7) is 6.81.